The fourth-order valence-electron chi connectivity index (χ4n) is 5.10. The Hall–Kier alpha value is -0.820. The number of likely N-dealkylation sites (tertiary alicyclic amines) is 1. The van der Waals surface area contributed by atoms with Gasteiger partial charge in [0.1, 0.15) is 5.54 Å². The molecule has 2 aliphatic heterocycles. The summed E-state index contributed by atoms with van der Waals surface area (Å²) in [5, 5.41) is 11.2. The maximum Gasteiger partial charge on any atom is 0.248 e. The number of nitrogens with one attached hydrogen (secondary N) is 2. The van der Waals surface area contributed by atoms with Gasteiger partial charge in [-0.25, -0.2) is 0 Å². The monoisotopic (exact) mass is 431 g/mol. The summed E-state index contributed by atoms with van der Waals surface area (Å²) in [7, 11) is 0. The lowest BCUT2D eigenvalue weighted by atomic mass is 9.86. The number of carbonyl (C=O) groups excluding carboxylic acids is 1. The van der Waals surface area contributed by atoms with E-state index in [1.807, 2.05) is 16.9 Å². The van der Waals surface area contributed by atoms with Crippen LogP contribution in [-0.4, -0.2) is 58.9 Å². The number of rotatable bonds is 4. The van der Waals surface area contributed by atoms with E-state index in [1.54, 1.807) is 6.20 Å². The van der Waals surface area contributed by atoms with Crippen LogP contribution < -0.4 is 10.6 Å². The molecule has 2 N–H and O–H groups in total. The van der Waals surface area contributed by atoms with Crippen molar-refractivity contribution in [3.8, 4) is 0 Å². The summed E-state index contributed by atoms with van der Waals surface area (Å²) < 4.78 is 1.89. The smallest absolute Gasteiger partial charge is 0.248 e. The van der Waals surface area contributed by atoms with Gasteiger partial charge in [0.25, 0.3) is 0 Å². The van der Waals surface area contributed by atoms with Crippen molar-refractivity contribution in [2.45, 2.75) is 75.4 Å². The fourth-order valence-corrected chi connectivity index (χ4v) is 5.10. The molecule has 2 saturated heterocycles. The van der Waals surface area contributed by atoms with Gasteiger partial charge in [-0.15, -0.1) is 24.8 Å². The summed E-state index contributed by atoms with van der Waals surface area (Å²) in [5.41, 5.74) is -0.519. The summed E-state index contributed by atoms with van der Waals surface area (Å²) >= 11 is 0. The van der Waals surface area contributed by atoms with Gasteiger partial charge in [-0.1, -0.05) is 19.3 Å². The van der Waals surface area contributed by atoms with Gasteiger partial charge in [0, 0.05) is 37.6 Å². The van der Waals surface area contributed by atoms with Gasteiger partial charge in [-0.2, -0.15) is 5.10 Å². The van der Waals surface area contributed by atoms with Gasteiger partial charge in [-0.3, -0.25) is 9.48 Å². The molecular weight excluding hydrogens is 397 g/mol. The zero-order valence-electron chi connectivity index (χ0n) is 16.6. The zero-order chi connectivity index (χ0) is 17.8. The summed E-state index contributed by atoms with van der Waals surface area (Å²) in [6.45, 7) is 4.00. The second kappa shape index (κ2) is 10.8. The van der Waals surface area contributed by atoms with Crippen molar-refractivity contribution in [2.75, 3.05) is 26.2 Å². The highest BCUT2D eigenvalue weighted by Gasteiger charge is 2.43. The molecule has 1 aromatic heterocycles. The maximum absolute atomic E-state index is 13.3. The van der Waals surface area contributed by atoms with E-state index in [0.29, 0.717) is 6.04 Å². The molecule has 3 fully saturated rings. The minimum Gasteiger partial charge on any atom is -0.351 e. The average Bonchev–Trinajstić information content (AvgIpc) is 3.25. The molecule has 1 amide bonds. The summed E-state index contributed by atoms with van der Waals surface area (Å²) in [6.07, 6.45) is 14.4. The van der Waals surface area contributed by atoms with Crippen LogP contribution in [0.3, 0.4) is 0 Å². The van der Waals surface area contributed by atoms with Crippen molar-refractivity contribution in [3.63, 3.8) is 0 Å². The largest absolute Gasteiger partial charge is 0.351 e. The molecule has 8 heteroatoms. The topological polar surface area (TPSA) is 62.2 Å². The van der Waals surface area contributed by atoms with Crippen LogP contribution in [-0.2, 0) is 10.3 Å². The first kappa shape index (κ1) is 23.5. The number of halogens is 2. The molecule has 4 rings (SSSR count). The number of amides is 1. The molecular formula is C20H35Cl2N5O. The van der Waals surface area contributed by atoms with Crippen molar-refractivity contribution in [1.82, 2.24) is 25.3 Å². The Bertz CT molecular complexity index is 577. The van der Waals surface area contributed by atoms with Crippen LogP contribution in [0.25, 0.3) is 0 Å². The van der Waals surface area contributed by atoms with E-state index in [1.165, 1.54) is 32.1 Å². The zero-order valence-corrected chi connectivity index (χ0v) is 18.3. The molecule has 0 aromatic carbocycles. The molecule has 28 heavy (non-hydrogen) atoms. The van der Waals surface area contributed by atoms with E-state index in [4.69, 9.17) is 0 Å². The third-order valence-electron chi connectivity index (χ3n) is 6.75. The first-order valence-electron chi connectivity index (χ1n) is 10.5. The van der Waals surface area contributed by atoms with Gasteiger partial charge >= 0.3 is 0 Å². The predicted octanol–water partition coefficient (Wildman–Crippen LogP) is 2.72. The second-order valence-electron chi connectivity index (χ2n) is 8.31. The predicted molar refractivity (Wildman–Crippen MR) is 116 cm³/mol. The molecule has 1 saturated carbocycles. The SMILES string of the molecule is Cl.Cl.O=C(NC1CCN(C2CCCCC2)CC1)C1(n2cccn2)CCNCC1. The van der Waals surface area contributed by atoms with E-state index < -0.39 is 5.54 Å². The molecule has 0 bridgehead atoms. The molecule has 0 spiro atoms. The number of piperidine rings is 2. The second-order valence-corrected chi connectivity index (χ2v) is 8.31. The van der Waals surface area contributed by atoms with E-state index in [9.17, 15) is 4.79 Å². The number of aromatic nitrogens is 2. The number of nitrogens with zero attached hydrogens (tertiary/aromatic N) is 3. The quantitative estimate of drug-likeness (QED) is 0.768. The fraction of sp³-hybridized carbons (Fsp3) is 0.800. The Morgan fingerprint density at radius 3 is 2.32 bits per heavy atom. The lowest BCUT2D eigenvalue weighted by Gasteiger charge is -2.41. The van der Waals surface area contributed by atoms with Crippen molar-refractivity contribution in [3.05, 3.63) is 18.5 Å². The third kappa shape index (κ3) is 5.02. The first-order valence-corrected chi connectivity index (χ1v) is 10.5. The Balaban J connectivity index is 0.00000140. The number of hydrogen-bond donors (Lipinski definition) is 2. The van der Waals surface area contributed by atoms with Crippen molar-refractivity contribution in [2.24, 2.45) is 0 Å². The highest BCUT2D eigenvalue weighted by atomic mass is 35.5. The minimum atomic E-state index is -0.519. The normalized spacial score (nSPS) is 24.0. The van der Waals surface area contributed by atoms with Crippen LogP contribution in [0.15, 0.2) is 18.5 Å². The molecule has 3 aliphatic rings. The average molecular weight is 432 g/mol. The highest BCUT2D eigenvalue weighted by molar-refractivity contribution is 5.86. The molecule has 6 nitrogen and oxygen atoms in total. The van der Waals surface area contributed by atoms with Crippen molar-refractivity contribution < 1.29 is 4.79 Å². The Labute approximate surface area is 181 Å². The van der Waals surface area contributed by atoms with Gasteiger partial charge in [-0.05, 0) is 57.7 Å². The molecule has 160 valence electrons. The Kier molecular flexibility index (Phi) is 9.06. The Morgan fingerprint density at radius 1 is 1.04 bits per heavy atom. The van der Waals surface area contributed by atoms with Crippen LogP contribution in [0, 0.1) is 0 Å². The summed E-state index contributed by atoms with van der Waals surface area (Å²) in [4.78, 5) is 15.9. The standard InChI is InChI=1S/C20H33N5O.2ClH/c26-19(20(9-12-21-13-10-20)25-14-4-11-22-25)23-17-7-15-24(16-8-17)18-5-2-1-3-6-18;;/h4,11,14,17-18,21H,1-3,5-10,12-13,15-16H2,(H,23,26);2*1H. The van der Waals surface area contributed by atoms with E-state index in [2.05, 4.69) is 20.6 Å². The van der Waals surface area contributed by atoms with E-state index >= 15 is 0 Å². The van der Waals surface area contributed by atoms with E-state index in [0.717, 1.165) is 57.9 Å². The highest BCUT2D eigenvalue weighted by Crippen LogP contribution is 2.29. The molecule has 1 aromatic rings. The van der Waals surface area contributed by atoms with Crippen molar-refractivity contribution >= 4 is 30.7 Å². The first-order chi connectivity index (χ1) is 12.8. The van der Waals surface area contributed by atoms with E-state index in [-0.39, 0.29) is 30.7 Å². The van der Waals surface area contributed by atoms with Crippen LogP contribution >= 0.6 is 24.8 Å². The molecule has 0 atom stereocenters. The van der Waals surface area contributed by atoms with Gasteiger partial charge < -0.3 is 15.5 Å². The molecule has 0 radical (unpaired) electrons. The minimum absolute atomic E-state index is 0. The molecule has 3 heterocycles. The van der Waals surface area contributed by atoms with Crippen LogP contribution in [0.4, 0.5) is 0 Å². The van der Waals surface area contributed by atoms with Crippen molar-refractivity contribution in [1.29, 1.82) is 0 Å². The van der Waals surface area contributed by atoms with Crippen LogP contribution in [0.2, 0.25) is 0 Å². The molecule has 1 aliphatic carbocycles. The third-order valence-corrected chi connectivity index (χ3v) is 6.75. The number of hydrogen-bond acceptors (Lipinski definition) is 4. The summed E-state index contributed by atoms with van der Waals surface area (Å²) in [5.74, 6) is 0.166. The number of carbonyl (C=O) groups is 1. The Morgan fingerprint density at radius 2 is 1.71 bits per heavy atom. The maximum atomic E-state index is 13.3. The molecule has 0 unspecified atom stereocenters. The summed E-state index contributed by atoms with van der Waals surface area (Å²) in [6, 6.07) is 3.02. The van der Waals surface area contributed by atoms with Crippen LogP contribution in [0.1, 0.15) is 57.8 Å². The van der Waals surface area contributed by atoms with Gasteiger partial charge in [0.2, 0.25) is 5.91 Å². The lowest BCUT2D eigenvalue weighted by molar-refractivity contribution is -0.133. The van der Waals surface area contributed by atoms with Gasteiger partial charge in [0.05, 0.1) is 0 Å². The lowest BCUT2D eigenvalue weighted by Crippen LogP contribution is -2.58. The van der Waals surface area contributed by atoms with Crippen LogP contribution in [0.5, 0.6) is 0 Å². The van der Waals surface area contributed by atoms with Gasteiger partial charge in [0.15, 0.2) is 0 Å².